The van der Waals surface area contributed by atoms with Gasteiger partial charge in [0, 0.05) is 30.9 Å². The van der Waals surface area contributed by atoms with Crippen LogP contribution in [0.1, 0.15) is 39.0 Å². The summed E-state index contributed by atoms with van der Waals surface area (Å²) in [7, 11) is 1.79. The molecule has 146 valence electrons. The van der Waals surface area contributed by atoms with E-state index in [0.29, 0.717) is 18.4 Å². The van der Waals surface area contributed by atoms with Gasteiger partial charge in [-0.3, -0.25) is 4.90 Å². The number of aryl methyl sites for hydroxylation is 1. The third kappa shape index (κ3) is 5.26. The Balaban J connectivity index is 1.54. The SMILES string of the molecule is CCCCN1CCCCC1CNC(=O)Nc1cccc(-c2nnnn2C)c1. The minimum absolute atomic E-state index is 0.177. The number of aromatic nitrogens is 4. The van der Waals surface area contributed by atoms with Crippen LogP contribution in [0.4, 0.5) is 10.5 Å². The third-order valence-electron chi connectivity index (χ3n) is 5.04. The van der Waals surface area contributed by atoms with Gasteiger partial charge in [-0.1, -0.05) is 31.9 Å². The molecule has 2 amide bonds. The summed E-state index contributed by atoms with van der Waals surface area (Å²) in [5.41, 5.74) is 1.58. The quantitative estimate of drug-likeness (QED) is 0.781. The van der Waals surface area contributed by atoms with Crippen LogP contribution >= 0.6 is 0 Å². The number of tetrazole rings is 1. The molecular weight excluding hydrogens is 342 g/mol. The van der Waals surface area contributed by atoms with Crippen LogP contribution in [0.2, 0.25) is 0 Å². The summed E-state index contributed by atoms with van der Waals surface area (Å²) in [5.74, 6) is 0.660. The molecule has 1 aromatic carbocycles. The van der Waals surface area contributed by atoms with Gasteiger partial charge in [0.05, 0.1) is 0 Å². The number of amides is 2. The molecule has 2 N–H and O–H groups in total. The Bertz CT molecular complexity index is 745. The van der Waals surface area contributed by atoms with Crippen molar-refractivity contribution in [3.8, 4) is 11.4 Å². The molecule has 8 heteroatoms. The second kappa shape index (κ2) is 9.45. The monoisotopic (exact) mass is 371 g/mol. The zero-order valence-corrected chi connectivity index (χ0v) is 16.2. The van der Waals surface area contributed by atoms with Gasteiger partial charge in [-0.15, -0.1) is 5.10 Å². The molecule has 1 unspecified atom stereocenters. The van der Waals surface area contributed by atoms with Crippen molar-refractivity contribution in [1.82, 2.24) is 30.4 Å². The average Bonchev–Trinajstić information content (AvgIpc) is 3.11. The van der Waals surface area contributed by atoms with Gasteiger partial charge < -0.3 is 10.6 Å². The van der Waals surface area contributed by atoms with Crippen molar-refractivity contribution in [3.05, 3.63) is 24.3 Å². The van der Waals surface area contributed by atoms with E-state index in [-0.39, 0.29) is 6.03 Å². The van der Waals surface area contributed by atoms with Gasteiger partial charge in [-0.2, -0.15) is 0 Å². The second-order valence-corrected chi connectivity index (χ2v) is 7.08. The Morgan fingerprint density at radius 1 is 1.33 bits per heavy atom. The van der Waals surface area contributed by atoms with E-state index in [0.717, 1.165) is 30.8 Å². The predicted molar refractivity (Wildman–Crippen MR) is 105 cm³/mol. The summed E-state index contributed by atoms with van der Waals surface area (Å²) in [6, 6.07) is 7.80. The van der Waals surface area contributed by atoms with E-state index >= 15 is 0 Å². The number of carbonyl (C=O) groups excluding carboxylic acids is 1. The number of likely N-dealkylation sites (tertiary alicyclic amines) is 1. The first-order valence-corrected chi connectivity index (χ1v) is 9.79. The molecule has 1 fully saturated rings. The highest BCUT2D eigenvalue weighted by molar-refractivity contribution is 5.89. The number of nitrogens with one attached hydrogen (secondary N) is 2. The molecule has 0 aliphatic carbocycles. The van der Waals surface area contributed by atoms with Crippen LogP contribution in [-0.4, -0.2) is 56.8 Å². The van der Waals surface area contributed by atoms with Crippen LogP contribution in [0.25, 0.3) is 11.4 Å². The van der Waals surface area contributed by atoms with E-state index in [1.54, 1.807) is 11.7 Å². The van der Waals surface area contributed by atoms with Gasteiger partial charge in [0.15, 0.2) is 5.82 Å². The number of hydrogen-bond donors (Lipinski definition) is 2. The number of hydrogen-bond acceptors (Lipinski definition) is 5. The van der Waals surface area contributed by atoms with Crippen molar-refractivity contribution < 1.29 is 4.79 Å². The molecule has 2 heterocycles. The number of urea groups is 1. The average molecular weight is 371 g/mol. The fraction of sp³-hybridized carbons (Fsp3) is 0.579. The van der Waals surface area contributed by atoms with Crippen LogP contribution in [0.15, 0.2) is 24.3 Å². The molecule has 0 saturated carbocycles. The lowest BCUT2D eigenvalue weighted by Crippen LogP contribution is -2.47. The zero-order chi connectivity index (χ0) is 19.1. The Hall–Kier alpha value is -2.48. The standard InChI is InChI=1S/C19H29N7O/c1-3-4-11-26-12-6-5-10-17(26)14-20-19(27)21-16-9-7-8-15(13-16)18-22-23-24-25(18)2/h7-9,13,17H,3-6,10-12,14H2,1-2H3,(H2,20,21,27). The Labute approximate surface area is 160 Å². The summed E-state index contributed by atoms with van der Waals surface area (Å²) in [4.78, 5) is 14.9. The highest BCUT2D eigenvalue weighted by Gasteiger charge is 2.22. The lowest BCUT2D eigenvalue weighted by Gasteiger charge is -2.35. The fourth-order valence-electron chi connectivity index (χ4n) is 3.54. The van der Waals surface area contributed by atoms with Gasteiger partial charge in [0.2, 0.25) is 0 Å². The molecular formula is C19H29N7O. The van der Waals surface area contributed by atoms with Crippen LogP contribution in [0.3, 0.4) is 0 Å². The van der Waals surface area contributed by atoms with E-state index in [4.69, 9.17) is 0 Å². The molecule has 8 nitrogen and oxygen atoms in total. The third-order valence-corrected chi connectivity index (χ3v) is 5.04. The molecule has 1 aromatic heterocycles. The molecule has 1 aliphatic heterocycles. The Morgan fingerprint density at radius 2 is 2.22 bits per heavy atom. The zero-order valence-electron chi connectivity index (χ0n) is 16.2. The molecule has 0 bridgehead atoms. The first kappa shape index (κ1) is 19.3. The molecule has 27 heavy (non-hydrogen) atoms. The summed E-state index contributed by atoms with van der Waals surface area (Å²) < 4.78 is 1.60. The summed E-state index contributed by atoms with van der Waals surface area (Å²) in [6.07, 6.45) is 6.07. The number of unbranched alkanes of at least 4 members (excludes halogenated alkanes) is 1. The maximum absolute atomic E-state index is 12.4. The number of nitrogens with zero attached hydrogens (tertiary/aromatic N) is 5. The van der Waals surface area contributed by atoms with Gasteiger partial charge in [-0.25, -0.2) is 9.48 Å². The number of carbonyl (C=O) groups is 1. The Kier molecular flexibility index (Phi) is 6.75. The van der Waals surface area contributed by atoms with Crippen LogP contribution in [-0.2, 0) is 7.05 Å². The van der Waals surface area contributed by atoms with Crippen LogP contribution in [0, 0.1) is 0 Å². The van der Waals surface area contributed by atoms with Crippen molar-refractivity contribution >= 4 is 11.7 Å². The van der Waals surface area contributed by atoms with E-state index in [2.05, 4.69) is 38.0 Å². The normalized spacial score (nSPS) is 17.6. The van der Waals surface area contributed by atoms with Crippen molar-refractivity contribution in [2.45, 2.75) is 45.1 Å². The first-order valence-electron chi connectivity index (χ1n) is 9.79. The fourth-order valence-corrected chi connectivity index (χ4v) is 3.54. The number of benzene rings is 1. The van der Waals surface area contributed by atoms with E-state index in [1.807, 2.05) is 24.3 Å². The molecule has 1 aliphatic rings. The second-order valence-electron chi connectivity index (χ2n) is 7.08. The predicted octanol–water partition coefficient (Wildman–Crippen LogP) is 2.65. The van der Waals surface area contributed by atoms with Crippen molar-refractivity contribution in [3.63, 3.8) is 0 Å². The Morgan fingerprint density at radius 3 is 3.00 bits per heavy atom. The van der Waals surface area contributed by atoms with Gasteiger partial charge in [0.1, 0.15) is 0 Å². The lowest BCUT2D eigenvalue weighted by molar-refractivity contribution is 0.145. The van der Waals surface area contributed by atoms with Crippen molar-refractivity contribution in [1.29, 1.82) is 0 Å². The highest BCUT2D eigenvalue weighted by atomic mass is 16.2. The van der Waals surface area contributed by atoms with Crippen LogP contribution < -0.4 is 10.6 Å². The molecule has 1 saturated heterocycles. The minimum Gasteiger partial charge on any atom is -0.336 e. The first-order chi connectivity index (χ1) is 13.2. The largest absolute Gasteiger partial charge is 0.336 e. The maximum atomic E-state index is 12.4. The minimum atomic E-state index is -0.177. The van der Waals surface area contributed by atoms with Crippen molar-refractivity contribution in [2.75, 3.05) is 25.0 Å². The van der Waals surface area contributed by atoms with Crippen molar-refractivity contribution in [2.24, 2.45) is 7.05 Å². The summed E-state index contributed by atoms with van der Waals surface area (Å²) in [5, 5.41) is 17.5. The lowest BCUT2D eigenvalue weighted by atomic mass is 10.0. The molecule has 0 spiro atoms. The summed E-state index contributed by atoms with van der Waals surface area (Å²) >= 11 is 0. The maximum Gasteiger partial charge on any atom is 0.319 e. The van der Waals surface area contributed by atoms with Crippen LogP contribution in [0.5, 0.6) is 0 Å². The number of anilines is 1. The van der Waals surface area contributed by atoms with Gasteiger partial charge in [-0.05, 0) is 54.9 Å². The smallest absolute Gasteiger partial charge is 0.319 e. The van der Waals surface area contributed by atoms with E-state index in [9.17, 15) is 4.79 Å². The number of piperidine rings is 1. The molecule has 3 rings (SSSR count). The van der Waals surface area contributed by atoms with Gasteiger partial charge >= 0.3 is 6.03 Å². The van der Waals surface area contributed by atoms with E-state index < -0.39 is 0 Å². The van der Waals surface area contributed by atoms with Gasteiger partial charge in [0.25, 0.3) is 0 Å². The number of rotatable bonds is 7. The molecule has 0 radical (unpaired) electrons. The molecule has 1 atom stereocenters. The highest BCUT2D eigenvalue weighted by Crippen LogP contribution is 2.20. The topological polar surface area (TPSA) is 88.0 Å². The van der Waals surface area contributed by atoms with E-state index in [1.165, 1.54) is 25.7 Å². The molecule has 2 aromatic rings. The summed E-state index contributed by atoms with van der Waals surface area (Å²) in [6.45, 7) is 5.16.